The van der Waals surface area contributed by atoms with E-state index in [1.165, 1.54) is 7.11 Å². The van der Waals surface area contributed by atoms with Crippen LogP contribution in [0.3, 0.4) is 0 Å². The number of benzene rings is 1. The molecule has 0 aromatic heterocycles. The number of hydrogen-bond donors (Lipinski definition) is 2. The Morgan fingerprint density at radius 3 is 2.55 bits per heavy atom. The van der Waals surface area contributed by atoms with E-state index >= 15 is 0 Å². The average molecular weight is 328 g/mol. The topological polar surface area (TPSA) is 75.6 Å². The SMILES string of the molecule is COc1ccc(Cl)cc1C(=O)NCCCCCCCC(=O)O. The zero-order valence-corrected chi connectivity index (χ0v) is 13.5. The van der Waals surface area contributed by atoms with Crippen LogP contribution in [0.2, 0.25) is 5.02 Å². The summed E-state index contributed by atoms with van der Waals surface area (Å²) in [7, 11) is 1.51. The van der Waals surface area contributed by atoms with E-state index in [4.69, 9.17) is 21.4 Å². The van der Waals surface area contributed by atoms with Crippen LogP contribution in [-0.4, -0.2) is 30.6 Å². The highest BCUT2D eigenvalue weighted by Crippen LogP contribution is 2.22. The second kappa shape index (κ2) is 10.1. The third kappa shape index (κ3) is 6.80. The zero-order valence-electron chi connectivity index (χ0n) is 12.7. The summed E-state index contributed by atoms with van der Waals surface area (Å²) >= 11 is 5.90. The maximum atomic E-state index is 12.1. The van der Waals surface area contributed by atoms with E-state index < -0.39 is 5.97 Å². The summed E-state index contributed by atoms with van der Waals surface area (Å²) in [4.78, 5) is 22.4. The van der Waals surface area contributed by atoms with Gasteiger partial charge in [0.15, 0.2) is 0 Å². The molecule has 5 nitrogen and oxygen atoms in total. The first-order valence-corrected chi connectivity index (χ1v) is 7.76. The maximum Gasteiger partial charge on any atom is 0.303 e. The van der Waals surface area contributed by atoms with Gasteiger partial charge in [0.25, 0.3) is 5.91 Å². The number of carboxylic acid groups (broad SMARTS) is 1. The molecule has 0 spiro atoms. The molecule has 1 amide bonds. The van der Waals surface area contributed by atoms with Crippen LogP contribution in [0.1, 0.15) is 48.9 Å². The molecule has 0 atom stereocenters. The monoisotopic (exact) mass is 327 g/mol. The lowest BCUT2D eigenvalue weighted by atomic mass is 10.1. The van der Waals surface area contributed by atoms with Gasteiger partial charge in [-0.2, -0.15) is 0 Å². The number of amides is 1. The smallest absolute Gasteiger partial charge is 0.303 e. The highest BCUT2D eigenvalue weighted by molar-refractivity contribution is 6.31. The molecule has 2 N–H and O–H groups in total. The second-order valence-corrected chi connectivity index (χ2v) is 5.45. The fourth-order valence-electron chi connectivity index (χ4n) is 2.09. The fraction of sp³-hybridized carbons (Fsp3) is 0.500. The highest BCUT2D eigenvalue weighted by atomic mass is 35.5. The molecule has 0 heterocycles. The van der Waals surface area contributed by atoms with Crippen molar-refractivity contribution in [1.29, 1.82) is 0 Å². The molecule has 22 heavy (non-hydrogen) atoms. The number of ether oxygens (including phenoxy) is 1. The van der Waals surface area contributed by atoms with Crippen LogP contribution >= 0.6 is 11.6 Å². The van der Waals surface area contributed by atoms with Gasteiger partial charge in [-0.25, -0.2) is 0 Å². The van der Waals surface area contributed by atoms with Gasteiger partial charge in [-0.3, -0.25) is 9.59 Å². The first-order valence-electron chi connectivity index (χ1n) is 7.38. The first-order chi connectivity index (χ1) is 10.5. The van der Waals surface area contributed by atoms with Gasteiger partial charge in [0, 0.05) is 18.0 Å². The number of carboxylic acids is 1. The molecular weight excluding hydrogens is 306 g/mol. The predicted octanol–water partition coefficient (Wildman–Crippen LogP) is 3.50. The lowest BCUT2D eigenvalue weighted by molar-refractivity contribution is -0.137. The van der Waals surface area contributed by atoms with E-state index in [-0.39, 0.29) is 12.3 Å². The van der Waals surface area contributed by atoms with Crippen molar-refractivity contribution in [1.82, 2.24) is 5.32 Å². The molecule has 1 aromatic rings. The molecule has 0 radical (unpaired) electrons. The van der Waals surface area contributed by atoms with Gasteiger partial charge in [-0.15, -0.1) is 0 Å². The van der Waals surface area contributed by atoms with Crippen molar-refractivity contribution in [3.8, 4) is 5.75 Å². The van der Waals surface area contributed by atoms with Crippen molar-refractivity contribution in [2.24, 2.45) is 0 Å². The van der Waals surface area contributed by atoms with Crippen LogP contribution in [0.4, 0.5) is 0 Å². The maximum absolute atomic E-state index is 12.1. The van der Waals surface area contributed by atoms with Crippen LogP contribution in [0.5, 0.6) is 5.75 Å². The zero-order chi connectivity index (χ0) is 16.4. The summed E-state index contributed by atoms with van der Waals surface area (Å²) < 4.78 is 5.15. The Balaban J connectivity index is 2.24. The van der Waals surface area contributed by atoms with Crippen LogP contribution in [0, 0.1) is 0 Å². The Morgan fingerprint density at radius 2 is 1.86 bits per heavy atom. The van der Waals surface area contributed by atoms with E-state index in [9.17, 15) is 9.59 Å². The van der Waals surface area contributed by atoms with Crippen molar-refractivity contribution in [2.75, 3.05) is 13.7 Å². The summed E-state index contributed by atoms with van der Waals surface area (Å²) in [5.41, 5.74) is 0.427. The summed E-state index contributed by atoms with van der Waals surface area (Å²) in [5, 5.41) is 11.8. The normalized spacial score (nSPS) is 10.3. The molecule has 1 aromatic carbocycles. The van der Waals surface area contributed by atoms with Crippen molar-refractivity contribution < 1.29 is 19.4 Å². The molecule has 6 heteroatoms. The Kier molecular flexibility index (Phi) is 8.36. The van der Waals surface area contributed by atoms with E-state index in [0.717, 1.165) is 25.7 Å². The molecule has 1 rings (SSSR count). The number of carbonyl (C=O) groups excluding carboxylic acids is 1. The summed E-state index contributed by atoms with van der Waals surface area (Å²) in [5.74, 6) is -0.455. The molecule has 0 saturated carbocycles. The van der Waals surface area contributed by atoms with Crippen molar-refractivity contribution in [3.63, 3.8) is 0 Å². The Bertz CT molecular complexity index is 505. The Morgan fingerprint density at radius 1 is 1.18 bits per heavy atom. The lowest BCUT2D eigenvalue weighted by Crippen LogP contribution is -2.24. The molecule has 0 aliphatic heterocycles. The Hall–Kier alpha value is -1.75. The lowest BCUT2D eigenvalue weighted by Gasteiger charge is -2.09. The van der Waals surface area contributed by atoms with Crippen molar-refractivity contribution >= 4 is 23.5 Å². The average Bonchev–Trinajstić information content (AvgIpc) is 2.49. The van der Waals surface area contributed by atoms with E-state index in [0.29, 0.717) is 29.3 Å². The summed E-state index contributed by atoms with van der Waals surface area (Å²) in [6.45, 7) is 0.577. The van der Waals surface area contributed by atoms with Gasteiger partial charge in [0.1, 0.15) is 5.75 Å². The number of halogens is 1. The third-order valence-corrected chi connectivity index (χ3v) is 3.49. The molecule has 0 unspecified atom stereocenters. The van der Waals surface area contributed by atoms with Crippen LogP contribution in [0.15, 0.2) is 18.2 Å². The number of rotatable bonds is 10. The quantitative estimate of drug-likeness (QED) is 0.645. The minimum atomic E-state index is -0.747. The minimum Gasteiger partial charge on any atom is -0.496 e. The van der Waals surface area contributed by atoms with Gasteiger partial charge in [0.05, 0.1) is 12.7 Å². The number of hydrogen-bond acceptors (Lipinski definition) is 3. The van der Waals surface area contributed by atoms with Crippen LogP contribution in [-0.2, 0) is 4.79 Å². The van der Waals surface area contributed by atoms with Gasteiger partial charge in [-0.1, -0.05) is 30.9 Å². The van der Waals surface area contributed by atoms with E-state index in [1.54, 1.807) is 18.2 Å². The number of methoxy groups -OCH3 is 1. The van der Waals surface area contributed by atoms with Gasteiger partial charge in [0.2, 0.25) is 0 Å². The van der Waals surface area contributed by atoms with E-state index in [1.807, 2.05) is 0 Å². The molecular formula is C16H22ClNO4. The molecule has 0 saturated heterocycles. The summed E-state index contributed by atoms with van der Waals surface area (Å²) in [6, 6.07) is 4.93. The molecule has 0 aliphatic rings. The molecule has 0 aliphatic carbocycles. The highest BCUT2D eigenvalue weighted by Gasteiger charge is 2.12. The van der Waals surface area contributed by atoms with Crippen LogP contribution < -0.4 is 10.1 Å². The largest absolute Gasteiger partial charge is 0.496 e. The molecule has 122 valence electrons. The van der Waals surface area contributed by atoms with Crippen molar-refractivity contribution in [2.45, 2.75) is 38.5 Å². The number of aliphatic carboxylic acids is 1. The number of carbonyl (C=O) groups is 2. The van der Waals surface area contributed by atoms with Gasteiger partial charge >= 0.3 is 5.97 Å². The summed E-state index contributed by atoms with van der Waals surface area (Å²) in [6.07, 6.45) is 4.65. The Labute approximate surface area is 135 Å². The van der Waals surface area contributed by atoms with Gasteiger partial charge in [-0.05, 0) is 31.0 Å². The molecule has 0 fully saturated rings. The minimum absolute atomic E-state index is 0.203. The first kappa shape index (κ1) is 18.3. The third-order valence-electron chi connectivity index (χ3n) is 3.26. The van der Waals surface area contributed by atoms with Crippen LogP contribution in [0.25, 0.3) is 0 Å². The number of unbranched alkanes of at least 4 members (excludes halogenated alkanes) is 4. The predicted molar refractivity (Wildman–Crippen MR) is 85.7 cm³/mol. The van der Waals surface area contributed by atoms with Gasteiger partial charge < -0.3 is 15.2 Å². The fourth-order valence-corrected chi connectivity index (χ4v) is 2.26. The number of nitrogens with one attached hydrogen (secondary N) is 1. The second-order valence-electron chi connectivity index (χ2n) is 5.01. The van der Waals surface area contributed by atoms with E-state index in [2.05, 4.69) is 5.32 Å². The molecule has 0 bridgehead atoms. The van der Waals surface area contributed by atoms with Crippen molar-refractivity contribution in [3.05, 3.63) is 28.8 Å². The standard InChI is InChI=1S/C16H22ClNO4/c1-22-14-9-8-12(17)11-13(14)16(21)18-10-6-4-2-3-5-7-15(19)20/h8-9,11H,2-7,10H2,1H3,(H,18,21)(H,19,20).